The summed E-state index contributed by atoms with van der Waals surface area (Å²) in [7, 11) is 1.64. The van der Waals surface area contributed by atoms with Crippen molar-refractivity contribution in [2.45, 2.75) is 86.7 Å². The maximum Gasteiger partial charge on any atom is 0.161 e. The highest BCUT2D eigenvalue weighted by molar-refractivity contribution is 5.98. The summed E-state index contributed by atoms with van der Waals surface area (Å²) in [5.74, 6) is 0.394. The molecule has 1 aliphatic carbocycles. The lowest BCUT2D eigenvalue weighted by Gasteiger charge is -2.36. The fourth-order valence-electron chi connectivity index (χ4n) is 3.92. The van der Waals surface area contributed by atoms with E-state index in [9.17, 15) is 4.79 Å². The van der Waals surface area contributed by atoms with E-state index in [4.69, 9.17) is 9.47 Å². The van der Waals surface area contributed by atoms with E-state index in [0.717, 1.165) is 43.3 Å². The molecule has 0 bridgehead atoms. The summed E-state index contributed by atoms with van der Waals surface area (Å²) in [6.45, 7) is 14.9. The molecule has 0 fully saturated rings. The van der Waals surface area contributed by atoms with E-state index < -0.39 is 0 Å². The lowest BCUT2D eigenvalue weighted by atomic mass is 9.73. The molecule has 3 atom stereocenters. The summed E-state index contributed by atoms with van der Waals surface area (Å²) in [6.07, 6.45) is 12.2. The van der Waals surface area contributed by atoms with Gasteiger partial charge in [-0.3, -0.25) is 4.79 Å². The van der Waals surface area contributed by atoms with Gasteiger partial charge in [-0.05, 0) is 84.8 Å². The van der Waals surface area contributed by atoms with Crippen LogP contribution in [0.2, 0.25) is 0 Å². The predicted molar refractivity (Wildman–Crippen MR) is 123 cm³/mol. The molecule has 0 saturated heterocycles. The van der Waals surface area contributed by atoms with Crippen molar-refractivity contribution in [1.29, 1.82) is 0 Å². The lowest BCUT2D eigenvalue weighted by Crippen LogP contribution is -2.39. The van der Waals surface area contributed by atoms with Crippen LogP contribution in [0.5, 0.6) is 0 Å². The first kappa shape index (κ1) is 25.6. The third-order valence-corrected chi connectivity index (χ3v) is 6.06. The van der Waals surface area contributed by atoms with Crippen molar-refractivity contribution in [1.82, 2.24) is 0 Å². The van der Waals surface area contributed by atoms with Gasteiger partial charge in [0.2, 0.25) is 0 Å². The normalized spacial score (nSPS) is 23.6. The molecule has 0 radical (unpaired) electrons. The first-order valence-electron chi connectivity index (χ1n) is 11.0. The number of hydrogen-bond acceptors (Lipinski definition) is 3. The molecule has 0 spiro atoms. The molecule has 3 nitrogen and oxygen atoms in total. The second-order valence-corrected chi connectivity index (χ2v) is 8.81. The van der Waals surface area contributed by atoms with E-state index in [2.05, 4.69) is 45.9 Å². The number of rotatable bonds is 11. The average molecular weight is 403 g/mol. The average Bonchev–Trinajstić information content (AvgIpc) is 2.67. The zero-order valence-corrected chi connectivity index (χ0v) is 19.9. The first-order chi connectivity index (χ1) is 13.7. The zero-order valence-electron chi connectivity index (χ0n) is 19.9. The highest BCUT2D eigenvalue weighted by Gasteiger charge is 2.38. The van der Waals surface area contributed by atoms with E-state index in [1.807, 2.05) is 20.8 Å². The van der Waals surface area contributed by atoms with E-state index >= 15 is 0 Å². The highest BCUT2D eigenvalue weighted by atomic mass is 16.7. The summed E-state index contributed by atoms with van der Waals surface area (Å²) in [6, 6.07) is 0. The Balaban J connectivity index is 2.68. The van der Waals surface area contributed by atoms with Crippen molar-refractivity contribution in [3.05, 3.63) is 46.1 Å². The molecule has 0 amide bonds. The first-order valence-corrected chi connectivity index (χ1v) is 11.0. The molecular formula is C26H42O3. The number of carbonyl (C=O) groups excluding carboxylic acids is 1. The minimum atomic E-state index is -0.0519. The molecule has 0 aromatic heterocycles. The molecule has 0 unspecified atom stereocenters. The summed E-state index contributed by atoms with van der Waals surface area (Å²) in [5.41, 5.74) is 6.14. The summed E-state index contributed by atoms with van der Waals surface area (Å²) >= 11 is 0. The Morgan fingerprint density at radius 2 is 1.55 bits per heavy atom. The summed E-state index contributed by atoms with van der Waals surface area (Å²) < 4.78 is 11.1. The number of hydrogen-bond donors (Lipinski definition) is 0. The van der Waals surface area contributed by atoms with Gasteiger partial charge < -0.3 is 9.47 Å². The number of ketones is 1. The molecule has 0 saturated carbocycles. The number of methoxy groups -OCH3 is 1. The number of allylic oxidation sites excluding steroid dienone is 7. The molecular weight excluding hydrogens is 360 g/mol. The molecule has 29 heavy (non-hydrogen) atoms. The second-order valence-electron chi connectivity index (χ2n) is 8.81. The van der Waals surface area contributed by atoms with Crippen molar-refractivity contribution in [2.75, 3.05) is 13.9 Å². The van der Waals surface area contributed by atoms with Crippen molar-refractivity contribution in [3.63, 3.8) is 0 Å². The standard InChI is InChI=1S/C26H42O3/c1-18(2)11-9-12-19(3)13-10-14-20(4)15-16-24-23(7)25(27)21(5)22(6)26(24)29-17-28-8/h11,13,15,23-24,26H,9-10,12,14,16-17H2,1-8H3/b19-13+,20-15+/t23-,24-,26+/m1/s1. The van der Waals surface area contributed by atoms with Crippen LogP contribution in [-0.4, -0.2) is 25.8 Å². The number of Topliss-reactive ketones (excluding diaryl/α,β-unsaturated/α-hetero) is 1. The fourth-order valence-corrected chi connectivity index (χ4v) is 3.92. The summed E-state index contributed by atoms with van der Waals surface area (Å²) in [4.78, 5) is 12.6. The van der Waals surface area contributed by atoms with E-state index in [1.54, 1.807) is 7.11 Å². The Morgan fingerprint density at radius 1 is 0.966 bits per heavy atom. The van der Waals surface area contributed by atoms with E-state index in [1.165, 1.54) is 16.7 Å². The molecule has 0 aromatic carbocycles. The van der Waals surface area contributed by atoms with Gasteiger partial charge >= 0.3 is 0 Å². The van der Waals surface area contributed by atoms with Crippen LogP contribution in [0.1, 0.15) is 80.6 Å². The minimum absolute atomic E-state index is 0.0261. The lowest BCUT2D eigenvalue weighted by molar-refractivity contribution is -0.128. The maximum absolute atomic E-state index is 12.6. The van der Waals surface area contributed by atoms with Crippen LogP contribution in [0.15, 0.2) is 46.1 Å². The highest BCUT2D eigenvalue weighted by Crippen LogP contribution is 2.36. The van der Waals surface area contributed by atoms with Gasteiger partial charge in [0, 0.05) is 18.9 Å². The van der Waals surface area contributed by atoms with Crippen molar-refractivity contribution in [2.24, 2.45) is 11.8 Å². The molecule has 0 aliphatic heterocycles. The van der Waals surface area contributed by atoms with E-state index in [0.29, 0.717) is 0 Å². The van der Waals surface area contributed by atoms with Crippen molar-refractivity contribution >= 4 is 5.78 Å². The third kappa shape index (κ3) is 8.44. The van der Waals surface area contributed by atoms with Crippen molar-refractivity contribution in [3.8, 4) is 0 Å². The van der Waals surface area contributed by atoms with Crippen LogP contribution in [0.4, 0.5) is 0 Å². The smallest absolute Gasteiger partial charge is 0.161 e. The monoisotopic (exact) mass is 402 g/mol. The second kappa shape index (κ2) is 13.0. The van der Waals surface area contributed by atoms with Gasteiger partial charge in [0.15, 0.2) is 5.78 Å². The van der Waals surface area contributed by atoms with Crippen LogP contribution in [0.3, 0.4) is 0 Å². The molecule has 1 aliphatic rings. The molecule has 0 N–H and O–H groups in total. The molecule has 164 valence electrons. The Bertz CT molecular complexity index is 659. The zero-order chi connectivity index (χ0) is 22.0. The minimum Gasteiger partial charge on any atom is -0.359 e. The Labute approximate surface area is 178 Å². The van der Waals surface area contributed by atoms with Crippen LogP contribution >= 0.6 is 0 Å². The maximum atomic E-state index is 12.6. The van der Waals surface area contributed by atoms with Crippen molar-refractivity contribution < 1.29 is 14.3 Å². The summed E-state index contributed by atoms with van der Waals surface area (Å²) in [5, 5.41) is 0. The molecule has 1 rings (SSSR count). The van der Waals surface area contributed by atoms with Gasteiger partial charge in [0.05, 0.1) is 6.10 Å². The number of carbonyl (C=O) groups is 1. The SMILES string of the molecule is COCO[C@H]1C(C)=C(C)C(=O)[C@H](C)[C@H]1C/C=C(\C)CC/C=C(\C)CCC=C(C)C. The van der Waals surface area contributed by atoms with Crippen LogP contribution < -0.4 is 0 Å². The van der Waals surface area contributed by atoms with Gasteiger partial charge in [0.1, 0.15) is 6.79 Å². The molecule has 0 heterocycles. The van der Waals surface area contributed by atoms with Gasteiger partial charge in [-0.15, -0.1) is 0 Å². The quantitative estimate of drug-likeness (QED) is 0.277. The van der Waals surface area contributed by atoms with Crippen LogP contribution in [-0.2, 0) is 14.3 Å². The van der Waals surface area contributed by atoms with Gasteiger partial charge in [-0.1, -0.05) is 41.9 Å². The molecule has 0 aromatic rings. The number of ether oxygens (including phenoxy) is 2. The largest absolute Gasteiger partial charge is 0.359 e. The van der Waals surface area contributed by atoms with Crippen LogP contribution in [0, 0.1) is 11.8 Å². The Morgan fingerprint density at radius 3 is 2.14 bits per heavy atom. The van der Waals surface area contributed by atoms with Gasteiger partial charge in [0.25, 0.3) is 0 Å². The van der Waals surface area contributed by atoms with Gasteiger partial charge in [-0.25, -0.2) is 0 Å². The van der Waals surface area contributed by atoms with Crippen LogP contribution in [0.25, 0.3) is 0 Å². The topological polar surface area (TPSA) is 35.5 Å². The predicted octanol–water partition coefficient (Wildman–Crippen LogP) is 6.96. The Kier molecular flexibility index (Phi) is 11.4. The molecule has 3 heteroatoms. The third-order valence-electron chi connectivity index (χ3n) is 6.06. The Hall–Kier alpha value is -1.45. The fraction of sp³-hybridized carbons (Fsp3) is 0.654. The van der Waals surface area contributed by atoms with E-state index in [-0.39, 0.29) is 30.5 Å². The van der Waals surface area contributed by atoms with Gasteiger partial charge in [-0.2, -0.15) is 0 Å².